The number of rotatable bonds is 3. The van der Waals surface area contributed by atoms with E-state index in [1.54, 1.807) is 30.3 Å². The molecule has 0 saturated carbocycles. The Bertz CT molecular complexity index is 758. The lowest BCUT2D eigenvalue weighted by Crippen LogP contribution is -2.14. The van der Waals surface area contributed by atoms with E-state index in [1.807, 2.05) is 13.8 Å². The van der Waals surface area contributed by atoms with Gasteiger partial charge >= 0.3 is 0 Å². The van der Waals surface area contributed by atoms with Crippen molar-refractivity contribution in [2.75, 3.05) is 10.5 Å². The van der Waals surface area contributed by atoms with Gasteiger partial charge in [-0.05, 0) is 55.3 Å². The highest BCUT2D eigenvalue weighted by atomic mass is 35.5. The average molecular weight is 311 g/mol. The van der Waals surface area contributed by atoms with Gasteiger partial charge in [-0.3, -0.25) is 4.72 Å². The van der Waals surface area contributed by atoms with Crippen molar-refractivity contribution in [1.82, 2.24) is 0 Å². The number of halogens is 1. The zero-order valence-electron chi connectivity index (χ0n) is 11.1. The maximum atomic E-state index is 12.3. The Labute approximate surface area is 123 Å². The summed E-state index contributed by atoms with van der Waals surface area (Å²) in [5, 5.41) is 0.414. The summed E-state index contributed by atoms with van der Waals surface area (Å²) in [7, 11) is -3.68. The largest absolute Gasteiger partial charge is 0.397 e. The molecular weight excluding hydrogens is 296 g/mol. The summed E-state index contributed by atoms with van der Waals surface area (Å²) in [5.74, 6) is 0. The first kappa shape index (κ1) is 14.7. The second-order valence-electron chi connectivity index (χ2n) is 4.58. The van der Waals surface area contributed by atoms with Crippen molar-refractivity contribution in [1.29, 1.82) is 0 Å². The average Bonchev–Trinajstić information content (AvgIpc) is 2.36. The Morgan fingerprint density at radius 3 is 2.40 bits per heavy atom. The minimum atomic E-state index is -3.68. The van der Waals surface area contributed by atoms with E-state index in [4.69, 9.17) is 17.3 Å². The van der Waals surface area contributed by atoms with Crippen LogP contribution < -0.4 is 10.5 Å². The zero-order valence-corrected chi connectivity index (χ0v) is 12.7. The highest BCUT2D eigenvalue weighted by Crippen LogP contribution is 2.26. The lowest BCUT2D eigenvalue weighted by atomic mass is 10.1. The van der Waals surface area contributed by atoms with Crippen LogP contribution in [0.4, 0.5) is 11.4 Å². The molecule has 2 aromatic carbocycles. The molecule has 0 aromatic heterocycles. The van der Waals surface area contributed by atoms with Gasteiger partial charge < -0.3 is 5.73 Å². The molecule has 0 amide bonds. The molecule has 0 heterocycles. The van der Waals surface area contributed by atoms with Crippen molar-refractivity contribution in [2.24, 2.45) is 0 Å². The van der Waals surface area contributed by atoms with E-state index in [0.717, 1.165) is 11.1 Å². The Morgan fingerprint density at radius 1 is 1.05 bits per heavy atom. The molecule has 3 N–H and O–H groups in total. The Balaban J connectivity index is 2.40. The molecule has 0 bridgehead atoms. The third kappa shape index (κ3) is 3.05. The molecule has 0 aliphatic carbocycles. The van der Waals surface area contributed by atoms with Gasteiger partial charge in [0, 0.05) is 5.02 Å². The summed E-state index contributed by atoms with van der Waals surface area (Å²) in [4.78, 5) is 0.194. The number of sulfonamides is 1. The van der Waals surface area contributed by atoms with Crippen molar-refractivity contribution >= 4 is 33.0 Å². The van der Waals surface area contributed by atoms with Gasteiger partial charge in [-0.15, -0.1) is 0 Å². The smallest absolute Gasteiger partial charge is 0.261 e. The van der Waals surface area contributed by atoms with Gasteiger partial charge in [-0.2, -0.15) is 0 Å². The summed E-state index contributed by atoms with van der Waals surface area (Å²) in [5.41, 5.74) is 8.28. The van der Waals surface area contributed by atoms with Crippen LogP contribution >= 0.6 is 11.6 Å². The molecule has 2 aromatic rings. The predicted octanol–water partition coefficient (Wildman–Crippen LogP) is 3.34. The first-order valence-electron chi connectivity index (χ1n) is 5.95. The van der Waals surface area contributed by atoms with Crippen LogP contribution in [0, 0.1) is 13.8 Å². The highest BCUT2D eigenvalue weighted by Gasteiger charge is 2.16. The van der Waals surface area contributed by atoms with Crippen molar-refractivity contribution in [3.05, 3.63) is 52.5 Å². The van der Waals surface area contributed by atoms with Crippen molar-refractivity contribution in [3.63, 3.8) is 0 Å². The van der Waals surface area contributed by atoms with Gasteiger partial charge in [0.15, 0.2) is 0 Å². The van der Waals surface area contributed by atoms with Crippen LogP contribution in [0.2, 0.25) is 5.02 Å². The summed E-state index contributed by atoms with van der Waals surface area (Å²) in [6.07, 6.45) is 0. The molecule has 0 aliphatic rings. The molecule has 0 aliphatic heterocycles. The maximum Gasteiger partial charge on any atom is 0.261 e. The summed E-state index contributed by atoms with van der Waals surface area (Å²) in [6.45, 7) is 3.79. The molecule has 0 radical (unpaired) electrons. The fourth-order valence-electron chi connectivity index (χ4n) is 1.70. The molecule has 0 saturated heterocycles. The van der Waals surface area contributed by atoms with E-state index in [1.165, 1.54) is 6.07 Å². The van der Waals surface area contributed by atoms with Crippen molar-refractivity contribution in [3.8, 4) is 0 Å². The summed E-state index contributed by atoms with van der Waals surface area (Å²) >= 11 is 5.85. The van der Waals surface area contributed by atoms with Crippen LogP contribution in [0.1, 0.15) is 11.1 Å². The Kier molecular flexibility index (Phi) is 3.92. The van der Waals surface area contributed by atoms with Crippen molar-refractivity contribution < 1.29 is 8.42 Å². The highest BCUT2D eigenvalue weighted by molar-refractivity contribution is 7.92. The number of hydrogen-bond acceptors (Lipinski definition) is 3. The number of nitrogens with one attached hydrogen (secondary N) is 1. The number of anilines is 2. The standard InChI is InChI=1S/C14H15ClN2O2S/c1-9-3-5-12(7-10(9)2)20(18,19)17-14-8-11(15)4-6-13(14)16/h3-8,17H,16H2,1-2H3. The molecule has 2 rings (SSSR count). The minimum Gasteiger partial charge on any atom is -0.397 e. The second-order valence-corrected chi connectivity index (χ2v) is 6.70. The number of aryl methyl sites for hydroxylation is 2. The van der Waals surface area contributed by atoms with Crippen LogP contribution in [0.15, 0.2) is 41.3 Å². The van der Waals surface area contributed by atoms with Crippen LogP contribution in [-0.2, 0) is 10.0 Å². The van der Waals surface area contributed by atoms with Crippen LogP contribution in [0.3, 0.4) is 0 Å². The monoisotopic (exact) mass is 310 g/mol. The van der Waals surface area contributed by atoms with Crippen LogP contribution in [0.25, 0.3) is 0 Å². The third-order valence-corrected chi connectivity index (χ3v) is 4.65. The topological polar surface area (TPSA) is 72.2 Å². The third-order valence-electron chi connectivity index (χ3n) is 3.05. The van der Waals surface area contributed by atoms with Crippen molar-refractivity contribution in [2.45, 2.75) is 18.7 Å². The summed E-state index contributed by atoms with van der Waals surface area (Å²) in [6, 6.07) is 9.59. The number of hydrogen-bond donors (Lipinski definition) is 2. The zero-order chi connectivity index (χ0) is 14.9. The lowest BCUT2D eigenvalue weighted by Gasteiger charge is -2.11. The van der Waals surface area contributed by atoms with Gasteiger partial charge in [0.1, 0.15) is 0 Å². The summed E-state index contributed by atoms with van der Waals surface area (Å²) < 4.78 is 27.1. The lowest BCUT2D eigenvalue weighted by molar-refractivity contribution is 0.601. The predicted molar refractivity (Wildman–Crippen MR) is 82.6 cm³/mol. The quantitative estimate of drug-likeness (QED) is 0.854. The SMILES string of the molecule is Cc1ccc(S(=O)(=O)Nc2cc(Cl)ccc2N)cc1C. The van der Waals surface area contributed by atoms with E-state index in [2.05, 4.69) is 4.72 Å². The first-order chi connectivity index (χ1) is 9.29. The maximum absolute atomic E-state index is 12.3. The molecule has 0 atom stereocenters. The van der Waals surface area contributed by atoms with Gasteiger partial charge in [0.2, 0.25) is 0 Å². The van der Waals surface area contributed by atoms with Crippen LogP contribution in [-0.4, -0.2) is 8.42 Å². The van der Waals surface area contributed by atoms with E-state index < -0.39 is 10.0 Å². The minimum absolute atomic E-state index is 0.194. The molecular formula is C14H15ClN2O2S. The number of benzene rings is 2. The van der Waals surface area contributed by atoms with Gasteiger partial charge in [-0.1, -0.05) is 17.7 Å². The fraction of sp³-hybridized carbons (Fsp3) is 0.143. The van der Waals surface area contributed by atoms with Gasteiger partial charge in [-0.25, -0.2) is 8.42 Å². The van der Waals surface area contributed by atoms with Gasteiger partial charge in [0.05, 0.1) is 16.3 Å². The van der Waals surface area contributed by atoms with E-state index in [-0.39, 0.29) is 10.6 Å². The molecule has 20 heavy (non-hydrogen) atoms. The second kappa shape index (κ2) is 5.34. The molecule has 0 spiro atoms. The van der Waals surface area contributed by atoms with Crippen LogP contribution in [0.5, 0.6) is 0 Å². The number of nitrogen functional groups attached to an aromatic ring is 1. The fourth-order valence-corrected chi connectivity index (χ4v) is 3.04. The molecule has 106 valence electrons. The Morgan fingerprint density at radius 2 is 1.75 bits per heavy atom. The van der Waals surface area contributed by atoms with E-state index >= 15 is 0 Å². The van der Waals surface area contributed by atoms with Gasteiger partial charge in [0.25, 0.3) is 10.0 Å². The van der Waals surface area contributed by atoms with E-state index in [0.29, 0.717) is 10.7 Å². The normalized spacial score (nSPS) is 11.3. The Hall–Kier alpha value is -1.72. The molecule has 0 fully saturated rings. The number of nitrogens with two attached hydrogens (primary N) is 1. The molecule has 4 nitrogen and oxygen atoms in total. The first-order valence-corrected chi connectivity index (χ1v) is 7.81. The molecule has 0 unspecified atom stereocenters. The molecule has 6 heteroatoms. The van der Waals surface area contributed by atoms with E-state index in [9.17, 15) is 8.42 Å².